The maximum Gasteiger partial charge on any atom is 0.0912 e. The van der Waals surface area contributed by atoms with Crippen LogP contribution in [0.2, 0.25) is 5.02 Å². The lowest BCUT2D eigenvalue weighted by atomic mass is 10.0. The summed E-state index contributed by atoms with van der Waals surface area (Å²) in [5.74, 6) is 0. The lowest BCUT2D eigenvalue weighted by molar-refractivity contribution is 0.442. The molecular formula is C11H17Cl2FN2. The molecule has 0 aliphatic carbocycles. The van der Waals surface area contributed by atoms with E-state index in [1.165, 1.54) is 0 Å². The minimum absolute atomic E-state index is 0. The van der Waals surface area contributed by atoms with E-state index in [0.29, 0.717) is 11.4 Å². The predicted octanol–water partition coefficient (Wildman–Crippen LogP) is 3.19. The molecule has 2 N–H and O–H groups in total. The zero-order valence-electron chi connectivity index (χ0n) is 9.41. The quantitative estimate of drug-likeness (QED) is 0.907. The van der Waals surface area contributed by atoms with Gasteiger partial charge in [-0.15, -0.1) is 12.4 Å². The molecule has 0 aromatic heterocycles. The zero-order valence-corrected chi connectivity index (χ0v) is 11.0. The first-order valence-corrected chi connectivity index (χ1v) is 5.22. The van der Waals surface area contributed by atoms with Crippen LogP contribution < -0.4 is 10.6 Å². The molecule has 0 aliphatic rings. The molecule has 0 heterocycles. The third-order valence-corrected chi connectivity index (χ3v) is 2.65. The van der Waals surface area contributed by atoms with Crippen LogP contribution in [-0.4, -0.2) is 20.8 Å². The molecule has 0 saturated heterocycles. The number of hydrogen-bond acceptors (Lipinski definition) is 2. The third kappa shape index (κ3) is 3.81. The van der Waals surface area contributed by atoms with Gasteiger partial charge in [-0.1, -0.05) is 17.7 Å². The molecular weight excluding hydrogens is 250 g/mol. The molecule has 0 unspecified atom stereocenters. The fourth-order valence-electron chi connectivity index (χ4n) is 1.37. The predicted molar refractivity (Wildman–Crippen MR) is 70.5 cm³/mol. The van der Waals surface area contributed by atoms with E-state index in [1.54, 1.807) is 0 Å². The second kappa shape index (κ2) is 6.94. The van der Waals surface area contributed by atoms with Crippen LogP contribution >= 0.6 is 24.0 Å². The van der Waals surface area contributed by atoms with E-state index in [4.69, 9.17) is 17.3 Å². The summed E-state index contributed by atoms with van der Waals surface area (Å²) in [6, 6.07) is 5.31. The molecule has 0 saturated carbocycles. The Hall–Kier alpha value is -0.510. The fraction of sp³-hybridized carbons (Fsp3) is 0.455. The molecule has 1 atom stereocenters. The van der Waals surface area contributed by atoms with Crippen molar-refractivity contribution in [2.24, 2.45) is 5.73 Å². The summed E-state index contributed by atoms with van der Waals surface area (Å²) in [6.45, 7) is -0.424. The normalized spacial score (nSPS) is 11.8. The number of hydrogen-bond donors (Lipinski definition) is 1. The van der Waals surface area contributed by atoms with Gasteiger partial charge in [-0.3, -0.25) is 4.39 Å². The summed E-state index contributed by atoms with van der Waals surface area (Å²) in [5, 5.41) is 0.599. The van der Waals surface area contributed by atoms with Crippen LogP contribution in [0.25, 0.3) is 0 Å². The van der Waals surface area contributed by atoms with E-state index in [1.807, 2.05) is 37.2 Å². The van der Waals surface area contributed by atoms with E-state index in [2.05, 4.69) is 0 Å². The molecule has 0 bridgehead atoms. The van der Waals surface area contributed by atoms with E-state index < -0.39 is 6.67 Å². The molecule has 1 aromatic rings. The maximum atomic E-state index is 12.1. The van der Waals surface area contributed by atoms with E-state index in [9.17, 15) is 4.39 Å². The summed E-state index contributed by atoms with van der Waals surface area (Å²) in [6.07, 6.45) is 0.307. The molecule has 16 heavy (non-hydrogen) atoms. The monoisotopic (exact) mass is 266 g/mol. The smallest absolute Gasteiger partial charge is 0.0912 e. The second-order valence-electron chi connectivity index (χ2n) is 3.68. The highest BCUT2D eigenvalue weighted by Gasteiger charge is 2.10. The van der Waals surface area contributed by atoms with Crippen molar-refractivity contribution in [3.63, 3.8) is 0 Å². The van der Waals surface area contributed by atoms with Crippen LogP contribution in [0.15, 0.2) is 18.2 Å². The Morgan fingerprint density at radius 2 is 2.06 bits per heavy atom. The van der Waals surface area contributed by atoms with Gasteiger partial charge >= 0.3 is 0 Å². The maximum absolute atomic E-state index is 12.1. The van der Waals surface area contributed by atoms with Crippen molar-refractivity contribution in [1.29, 1.82) is 0 Å². The molecule has 1 aromatic carbocycles. The molecule has 2 nitrogen and oxygen atoms in total. The highest BCUT2D eigenvalue weighted by Crippen LogP contribution is 2.27. The van der Waals surface area contributed by atoms with Crippen LogP contribution in [0.3, 0.4) is 0 Å². The Labute approximate surface area is 107 Å². The number of nitrogens with zero attached hydrogens (tertiary/aromatic N) is 1. The number of nitrogens with two attached hydrogens (primary N) is 1. The summed E-state index contributed by atoms with van der Waals surface area (Å²) in [7, 11) is 3.87. The number of halogens is 3. The van der Waals surface area contributed by atoms with Gasteiger partial charge in [0.25, 0.3) is 0 Å². The Morgan fingerprint density at radius 3 is 2.50 bits per heavy atom. The summed E-state index contributed by atoms with van der Waals surface area (Å²) >= 11 is 6.07. The molecule has 92 valence electrons. The lowest BCUT2D eigenvalue weighted by Gasteiger charge is -2.16. The van der Waals surface area contributed by atoms with Crippen LogP contribution in [0.4, 0.5) is 10.1 Å². The summed E-state index contributed by atoms with van der Waals surface area (Å²) in [4.78, 5) is 1.95. The van der Waals surface area contributed by atoms with Crippen molar-refractivity contribution in [3.8, 4) is 0 Å². The van der Waals surface area contributed by atoms with Gasteiger partial charge in [0, 0.05) is 30.8 Å². The van der Waals surface area contributed by atoms with Crippen molar-refractivity contribution in [2.75, 3.05) is 25.7 Å². The van der Waals surface area contributed by atoms with E-state index >= 15 is 0 Å². The third-order valence-electron chi connectivity index (χ3n) is 2.32. The van der Waals surface area contributed by atoms with Gasteiger partial charge in [0.15, 0.2) is 0 Å². The Kier molecular flexibility index (Phi) is 6.72. The van der Waals surface area contributed by atoms with Crippen LogP contribution in [-0.2, 0) is 0 Å². The molecule has 0 spiro atoms. The Balaban J connectivity index is 0.00000225. The van der Waals surface area contributed by atoms with Gasteiger partial charge in [-0.05, 0) is 24.1 Å². The molecule has 0 amide bonds. The first kappa shape index (κ1) is 15.5. The highest BCUT2D eigenvalue weighted by atomic mass is 35.5. The molecule has 0 aliphatic heterocycles. The average molecular weight is 267 g/mol. The Bertz CT molecular complexity index is 332. The van der Waals surface area contributed by atoms with Gasteiger partial charge in [-0.2, -0.15) is 0 Å². The number of benzene rings is 1. The first-order valence-electron chi connectivity index (χ1n) is 4.84. The minimum Gasteiger partial charge on any atom is -0.378 e. The fourth-order valence-corrected chi connectivity index (χ4v) is 1.68. The van der Waals surface area contributed by atoms with Gasteiger partial charge in [0.05, 0.1) is 6.67 Å². The standard InChI is InChI=1S/C11H16ClFN2.ClH/c1-15(2)8-3-4-9(10(12)7-8)11(14)5-6-13;/h3-4,7,11H,5-6,14H2,1-2H3;1H/t11-;/m1./s1. The van der Waals surface area contributed by atoms with Gasteiger partial charge in [0.2, 0.25) is 0 Å². The van der Waals surface area contributed by atoms with Crippen LogP contribution in [0.5, 0.6) is 0 Å². The van der Waals surface area contributed by atoms with E-state index in [0.717, 1.165) is 11.3 Å². The average Bonchev–Trinajstić information content (AvgIpc) is 2.17. The molecule has 0 fully saturated rings. The van der Waals surface area contributed by atoms with Crippen molar-refractivity contribution < 1.29 is 4.39 Å². The highest BCUT2D eigenvalue weighted by molar-refractivity contribution is 6.31. The SMILES string of the molecule is CN(C)c1ccc([C@H](N)CCF)c(Cl)c1.Cl. The van der Waals surface area contributed by atoms with Crippen molar-refractivity contribution in [2.45, 2.75) is 12.5 Å². The number of anilines is 1. The molecule has 5 heteroatoms. The summed E-state index contributed by atoms with van der Waals surface area (Å²) < 4.78 is 12.1. The van der Waals surface area contributed by atoms with Crippen LogP contribution in [0.1, 0.15) is 18.0 Å². The molecule has 1 rings (SSSR count). The van der Waals surface area contributed by atoms with Crippen LogP contribution in [0, 0.1) is 0 Å². The zero-order chi connectivity index (χ0) is 11.4. The number of alkyl halides is 1. The van der Waals surface area contributed by atoms with Gasteiger partial charge in [-0.25, -0.2) is 0 Å². The second-order valence-corrected chi connectivity index (χ2v) is 4.09. The van der Waals surface area contributed by atoms with Crippen molar-refractivity contribution in [1.82, 2.24) is 0 Å². The van der Waals surface area contributed by atoms with Crippen molar-refractivity contribution >= 4 is 29.7 Å². The van der Waals surface area contributed by atoms with Gasteiger partial charge in [0.1, 0.15) is 0 Å². The van der Waals surface area contributed by atoms with E-state index in [-0.39, 0.29) is 18.4 Å². The lowest BCUT2D eigenvalue weighted by Crippen LogP contribution is -2.13. The number of rotatable bonds is 4. The topological polar surface area (TPSA) is 29.3 Å². The van der Waals surface area contributed by atoms with Gasteiger partial charge < -0.3 is 10.6 Å². The first-order chi connectivity index (χ1) is 7.06. The summed E-state index contributed by atoms with van der Waals surface area (Å²) in [5.41, 5.74) is 7.61. The minimum atomic E-state index is -0.424. The Morgan fingerprint density at radius 1 is 1.44 bits per heavy atom. The molecule has 0 radical (unpaired) electrons. The largest absolute Gasteiger partial charge is 0.378 e. The van der Waals surface area contributed by atoms with Crippen molar-refractivity contribution in [3.05, 3.63) is 28.8 Å².